The summed E-state index contributed by atoms with van der Waals surface area (Å²) >= 11 is 7.45. The lowest BCUT2D eigenvalue weighted by atomic mass is 10.1. The number of carbonyl (C=O) groups excluding carboxylic acids is 1. The predicted octanol–water partition coefficient (Wildman–Crippen LogP) is 2.02. The number of thiol groups is 1. The number of halogens is 1. The van der Waals surface area contributed by atoms with Gasteiger partial charge in [-0.15, -0.1) is 0 Å². The molecule has 0 aromatic heterocycles. The number of esters is 1. The molecule has 0 radical (unpaired) electrons. The smallest absolute Gasteiger partial charge is 0.322 e. The van der Waals surface area contributed by atoms with E-state index in [-0.39, 0.29) is 5.97 Å². The van der Waals surface area contributed by atoms with Crippen LogP contribution < -0.4 is 0 Å². The van der Waals surface area contributed by atoms with E-state index in [0.717, 1.165) is 0 Å². The lowest BCUT2D eigenvalue weighted by molar-refractivity contribution is -0.145. The van der Waals surface area contributed by atoms with Crippen LogP contribution in [-0.4, -0.2) is 22.7 Å². The quantitative estimate of drug-likeness (QED) is 0.463. The summed E-state index contributed by atoms with van der Waals surface area (Å²) in [6.07, 6.45) is 0.667. The fourth-order valence-corrected chi connectivity index (χ4v) is 1.25. The van der Waals surface area contributed by atoms with Crippen molar-refractivity contribution in [1.82, 2.24) is 0 Å². The van der Waals surface area contributed by atoms with E-state index in [9.17, 15) is 4.79 Å². The van der Waals surface area contributed by atoms with E-state index < -0.39 is 4.75 Å². The third-order valence-electron chi connectivity index (χ3n) is 1.46. The second-order valence-corrected chi connectivity index (χ2v) is 3.66. The number of carbonyl (C=O) groups is 1. The van der Waals surface area contributed by atoms with Crippen molar-refractivity contribution in [3.05, 3.63) is 0 Å². The van der Waals surface area contributed by atoms with Gasteiger partial charge >= 0.3 is 5.97 Å². The second-order valence-electron chi connectivity index (χ2n) is 2.24. The van der Waals surface area contributed by atoms with Gasteiger partial charge in [-0.2, -0.15) is 12.6 Å². The maximum Gasteiger partial charge on any atom is 0.322 e. The molecule has 0 aliphatic rings. The van der Waals surface area contributed by atoms with Gasteiger partial charge in [-0.1, -0.05) is 22.9 Å². The molecule has 4 heteroatoms. The molecule has 0 heterocycles. The molecule has 0 aromatic carbocycles. The Bertz CT molecular complexity index is 134. The average molecular weight is 241 g/mol. The monoisotopic (exact) mass is 240 g/mol. The predicted molar refractivity (Wildman–Crippen MR) is 52.4 cm³/mol. The highest BCUT2D eigenvalue weighted by Crippen LogP contribution is 2.23. The summed E-state index contributed by atoms with van der Waals surface area (Å²) in [4.78, 5) is 11.2. The van der Waals surface area contributed by atoms with Crippen LogP contribution in [0.1, 0.15) is 20.3 Å². The van der Waals surface area contributed by atoms with E-state index >= 15 is 0 Å². The van der Waals surface area contributed by atoms with E-state index in [1.807, 2.05) is 6.92 Å². The first kappa shape index (κ1) is 11.3. The Labute approximate surface area is 81.2 Å². The molecule has 0 bridgehead atoms. The molecule has 0 rings (SSSR count). The van der Waals surface area contributed by atoms with Crippen molar-refractivity contribution in [3.8, 4) is 0 Å². The van der Waals surface area contributed by atoms with Crippen molar-refractivity contribution in [2.24, 2.45) is 0 Å². The van der Waals surface area contributed by atoms with Gasteiger partial charge in [-0.3, -0.25) is 4.79 Å². The highest BCUT2D eigenvalue weighted by Gasteiger charge is 2.32. The minimum Gasteiger partial charge on any atom is -0.465 e. The molecule has 66 valence electrons. The van der Waals surface area contributed by atoms with Gasteiger partial charge in [-0.25, -0.2) is 0 Å². The Balaban J connectivity index is 4.12. The summed E-state index contributed by atoms with van der Waals surface area (Å²) in [6, 6.07) is 0. The molecule has 0 aromatic rings. The van der Waals surface area contributed by atoms with E-state index in [4.69, 9.17) is 4.74 Å². The fourth-order valence-electron chi connectivity index (χ4n) is 0.559. The second kappa shape index (κ2) is 5.04. The maximum atomic E-state index is 11.2. The van der Waals surface area contributed by atoms with Gasteiger partial charge in [0.05, 0.1) is 6.61 Å². The molecule has 0 fully saturated rings. The molecule has 0 saturated heterocycles. The molecule has 0 saturated carbocycles. The van der Waals surface area contributed by atoms with Crippen LogP contribution in [0.25, 0.3) is 0 Å². The van der Waals surface area contributed by atoms with Gasteiger partial charge < -0.3 is 4.74 Å². The van der Waals surface area contributed by atoms with E-state index in [1.165, 1.54) is 0 Å². The SMILES string of the molecule is CCOC(=O)C(S)(CC)CBr. The molecule has 2 nitrogen and oxygen atoms in total. The largest absolute Gasteiger partial charge is 0.465 e. The first-order valence-electron chi connectivity index (χ1n) is 3.56. The van der Waals surface area contributed by atoms with Crippen molar-refractivity contribution < 1.29 is 9.53 Å². The van der Waals surface area contributed by atoms with Crippen LogP contribution in [-0.2, 0) is 9.53 Å². The highest BCUT2D eigenvalue weighted by molar-refractivity contribution is 9.09. The molecular formula is C7H13BrO2S. The zero-order valence-corrected chi connectivity index (χ0v) is 9.24. The molecule has 11 heavy (non-hydrogen) atoms. The summed E-state index contributed by atoms with van der Waals surface area (Å²) in [6.45, 7) is 4.11. The fraction of sp³-hybridized carbons (Fsp3) is 0.857. The van der Waals surface area contributed by atoms with E-state index in [0.29, 0.717) is 18.4 Å². The standard InChI is InChI=1S/C7H13BrO2S/c1-3-7(11,5-8)6(9)10-4-2/h11H,3-5H2,1-2H3. The van der Waals surface area contributed by atoms with Crippen LogP contribution in [0.2, 0.25) is 0 Å². The summed E-state index contributed by atoms with van der Waals surface area (Å²) in [7, 11) is 0. The van der Waals surface area contributed by atoms with Crippen LogP contribution >= 0.6 is 28.6 Å². The van der Waals surface area contributed by atoms with Crippen LogP contribution in [0.4, 0.5) is 0 Å². The molecule has 0 aliphatic carbocycles. The summed E-state index contributed by atoms with van der Waals surface area (Å²) in [5, 5.41) is 0.526. The van der Waals surface area contributed by atoms with Crippen molar-refractivity contribution >= 4 is 34.5 Å². The summed E-state index contributed by atoms with van der Waals surface area (Å²) < 4.78 is 4.19. The van der Waals surface area contributed by atoms with Gasteiger partial charge in [-0.05, 0) is 13.3 Å². The lowest BCUT2D eigenvalue weighted by Crippen LogP contribution is -2.35. The Morgan fingerprint density at radius 1 is 1.64 bits per heavy atom. The van der Waals surface area contributed by atoms with Crippen LogP contribution in [0, 0.1) is 0 Å². The molecule has 1 atom stereocenters. The third kappa shape index (κ3) is 3.03. The van der Waals surface area contributed by atoms with Crippen molar-refractivity contribution in [3.63, 3.8) is 0 Å². The topological polar surface area (TPSA) is 26.3 Å². The molecule has 0 aliphatic heterocycles. The number of alkyl halides is 1. The van der Waals surface area contributed by atoms with E-state index in [2.05, 4.69) is 28.6 Å². The van der Waals surface area contributed by atoms with Gasteiger partial charge in [0, 0.05) is 5.33 Å². The zero-order chi connectivity index (χ0) is 8.91. The van der Waals surface area contributed by atoms with Crippen molar-refractivity contribution in [2.75, 3.05) is 11.9 Å². The Morgan fingerprint density at radius 2 is 2.18 bits per heavy atom. The lowest BCUT2D eigenvalue weighted by Gasteiger charge is -2.21. The Kier molecular flexibility index (Phi) is 5.17. The number of hydrogen-bond acceptors (Lipinski definition) is 3. The Hall–Kier alpha value is 0.300. The summed E-state index contributed by atoms with van der Waals surface area (Å²) in [5.74, 6) is -0.247. The van der Waals surface area contributed by atoms with Crippen molar-refractivity contribution in [2.45, 2.75) is 25.0 Å². The van der Waals surface area contributed by atoms with Gasteiger partial charge in [0.2, 0.25) is 0 Å². The van der Waals surface area contributed by atoms with Gasteiger partial charge in [0.25, 0.3) is 0 Å². The Morgan fingerprint density at radius 3 is 2.45 bits per heavy atom. The minimum absolute atomic E-state index is 0.247. The molecule has 1 unspecified atom stereocenters. The number of hydrogen-bond donors (Lipinski definition) is 1. The normalized spacial score (nSPS) is 15.6. The summed E-state index contributed by atoms with van der Waals surface area (Å²) in [5.41, 5.74) is 0. The highest BCUT2D eigenvalue weighted by atomic mass is 79.9. The van der Waals surface area contributed by atoms with E-state index in [1.54, 1.807) is 6.92 Å². The molecular weight excluding hydrogens is 228 g/mol. The molecule has 0 amide bonds. The first-order valence-corrected chi connectivity index (χ1v) is 5.13. The van der Waals surface area contributed by atoms with Gasteiger partial charge in [0.15, 0.2) is 0 Å². The zero-order valence-electron chi connectivity index (χ0n) is 6.76. The number of ether oxygens (including phenoxy) is 1. The van der Waals surface area contributed by atoms with Crippen LogP contribution in [0.5, 0.6) is 0 Å². The number of rotatable bonds is 4. The minimum atomic E-state index is -0.657. The average Bonchev–Trinajstić information content (AvgIpc) is 2.03. The molecule has 0 spiro atoms. The van der Waals surface area contributed by atoms with Crippen LogP contribution in [0.3, 0.4) is 0 Å². The first-order chi connectivity index (χ1) is 5.10. The third-order valence-corrected chi connectivity index (χ3v) is 3.51. The van der Waals surface area contributed by atoms with Crippen LogP contribution in [0.15, 0.2) is 0 Å². The molecule has 0 N–H and O–H groups in total. The maximum absolute atomic E-state index is 11.2. The van der Waals surface area contributed by atoms with Gasteiger partial charge in [0.1, 0.15) is 4.75 Å². The van der Waals surface area contributed by atoms with Crippen molar-refractivity contribution in [1.29, 1.82) is 0 Å².